The summed E-state index contributed by atoms with van der Waals surface area (Å²) in [5.41, 5.74) is 0.389. The van der Waals surface area contributed by atoms with Crippen LogP contribution in [0.5, 0.6) is 0 Å². The van der Waals surface area contributed by atoms with E-state index in [1.807, 2.05) is 4.90 Å². The molecule has 0 aromatic carbocycles. The number of rotatable bonds is 4. The SMILES string of the molecule is CCC1(CO)CCN(C(=O)NCC2(C)CCC2)CC1. The fraction of sp³-hybridized carbons (Fsp3) is 0.933. The Bertz CT molecular complexity index is 312. The number of aliphatic hydroxyl groups is 1. The topological polar surface area (TPSA) is 52.6 Å². The summed E-state index contributed by atoms with van der Waals surface area (Å²) in [6, 6.07) is 0.0794. The first-order chi connectivity index (χ1) is 9.02. The maximum absolute atomic E-state index is 12.1. The molecule has 0 radical (unpaired) electrons. The predicted molar refractivity (Wildman–Crippen MR) is 76.0 cm³/mol. The van der Waals surface area contributed by atoms with E-state index in [-0.39, 0.29) is 18.1 Å². The molecule has 2 amide bonds. The van der Waals surface area contributed by atoms with E-state index in [4.69, 9.17) is 0 Å². The van der Waals surface area contributed by atoms with Crippen LogP contribution in [-0.2, 0) is 0 Å². The van der Waals surface area contributed by atoms with Crippen molar-refractivity contribution in [2.75, 3.05) is 26.2 Å². The number of amides is 2. The summed E-state index contributed by atoms with van der Waals surface area (Å²) in [7, 11) is 0. The molecule has 1 saturated carbocycles. The van der Waals surface area contributed by atoms with E-state index in [1.54, 1.807) is 0 Å². The molecule has 19 heavy (non-hydrogen) atoms. The average molecular weight is 268 g/mol. The number of nitrogens with zero attached hydrogens (tertiary/aromatic N) is 1. The van der Waals surface area contributed by atoms with Gasteiger partial charge in [-0.2, -0.15) is 0 Å². The van der Waals surface area contributed by atoms with Gasteiger partial charge in [-0.15, -0.1) is 0 Å². The lowest BCUT2D eigenvalue weighted by Crippen LogP contribution is -2.50. The fourth-order valence-corrected chi connectivity index (χ4v) is 3.17. The molecule has 1 heterocycles. The van der Waals surface area contributed by atoms with Gasteiger partial charge in [0.2, 0.25) is 0 Å². The molecule has 0 bridgehead atoms. The van der Waals surface area contributed by atoms with Gasteiger partial charge in [-0.1, -0.05) is 20.3 Å². The van der Waals surface area contributed by atoms with Gasteiger partial charge in [-0.25, -0.2) is 4.79 Å². The molecule has 2 N–H and O–H groups in total. The van der Waals surface area contributed by atoms with Gasteiger partial charge < -0.3 is 15.3 Å². The molecule has 4 nitrogen and oxygen atoms in total. The van der Waals surface area contributed by atoms with Gasteiger partial charge in [0.1, 0.15) is 0 Å². The largest absolute Gasteiger partial charge is 0.396 e. The Morgan fingerprint density at radius 2 is 1.89 bits per heavy atom. The quantitative estimate of drug-likeness (QED) is 0.822. The lowest BCUT2D eigenvalue weighted by Gasteiger charge is -2.42. The minimum Gasteiger partial charge on any atom is -0.396 e. The Kier molecular flexibility index (Phi) is 4.39. The van der Waals surface area contributed by atoms with Gasteiger partial charge >= 0.3 is 6.03 Å². The second-order valence-electron chi connectivity index (χ2n) is 6.82. The first-order valence-corrected chi connectivity index (χ1v) is 7.66. The first kappa shape index (κ1) is 14.6. The highest BCUT2D eigenvalue weighted by atomic mass is 16.3. The molecule has 0 aromatic rings. The highest BCUT2D eigenvalue weighted by molar-refractivity contribution is 5.74. The van der Waals surface area contributed by atoms with Crippen molar-refractivity contribution >= 4 is 6.03 Å². The van der Waals surface area contributed by atoms with Crippen molar-refractivity contribution < 1.29 is 9.90 Å². The van der Waals surface area contributed by atoms with E-state index in [0.29, 0.717) is 5.41 Å². The van der Waals surface area contributed by atoms with Gasteiger partial charge in [-0.05, 0) is 42.9 Å². The van der Waals surface area contributed by atoms with Gasteiger partial charge in [0.25, 0.3) is 0 Å². The molecule has 1 aliphatic heterocycles. The highest BCUT2D eigenvalue weighted by Crippen LogP contribution is 2.39. The maximum Gasteiger partial charge on any atom is 0.317 e. The Balaban J connectivity index is 1.76. The number of aliphatic hydroxyl groups excluding tert-OH is 1. The van der Waals surface area contributed by atoms with Crippen LogP contribution in [0.3, 0.4) is 0 Å². The van der Waals surface area contributed by atoms with Crippen molar-refractivity contribution in [3.63, 3.8) is 0 Å². The van der Waals surface area contributed by atoms with Crippen molar-refractivity contribution in [2.45, 2.75) is 52.4 Å². The molecule has 0 spiro atoms. The van der Waals surface area contributed by atoms with E-state index in [1.165, 1.54) is 19.3 Å². The molecular formula is C15H28N2O2. The van der Waals surface area contributed by atoms with Crippen molar-refractivity contribution in [3.8, 4) is 0 Å². The summed E-state index contributed by atoms with van der Waals surface area (Å²) in [6.07, 6.45) is 6.60. The van der Waals surface area contributed by atoms with E-state index >= 15 is 0 Å². The maximum atomic E-state index is 12.1. The Morgan fingerprint density at radius 1 is 1.26 bits per heavy atom. The Morgan fingerprint density at radius 3 is 2.32 bits per heavy atom. The molecular weight excluding hydrogens is 240 g/mol. The van der Waals surface area contributed by atoms with E-state index in [2.05, 4.69) is 19.2 Å². The number of hydrogen-bond donors (Lipinski definition) is 2. The normalized spacial score (nSPS) is 24.7. The number of hydrogen-bond acceptors (Lipinski definition) is 2. The van der Waals surface area contributed by atoms with Crippen LogP contribution in [0.25, 0.3) is 0 Å². The molecule has 1 aliphatic carbocycles. The zero-order valence-electron chi connectivity index (χ0n) is 12.4. The summed E-state index contributed by atoms with van der Waals surface area (Å²) >= 11 is 0. The Labute approximate surface area is 116 Å². The number of urea groups is 1. The second kappa shape index (κ2) is 5.70. The van der Waals surface area contributed by atoms with Crippen LogP contribution in [-0.4, -0.2) is 42.3 Å². The number of piperidine rings is 1. The van der Waals surface area contributed by atoms with E-state index in [0.717, 1.165) is 38.9 Å². The summed E-state index contributed by atoms with van der Waals surface area (Å²) in [4.78, 5) is 14.0. The summed E-state index contributed by atoms with van der Waals surface area (Å²) in [5.74, 6) is 0. The predicted octanol–water partition coefficient (Wildman–Crippen LogP) is 2.37. The summed E-state index contributed by atoms with van der Waals surface area (Å²) < 4.78 is 0. The summed E-state index contributed by atoms with van der Waals surface area (Å²) in [5, 5.41) is 12.6. The first-order valence-electron chi connectivity index (χ1n) is 7.66. The van der Waals surface area contributed by atoms with Gasteiger partial charge in [0.15, 0.2) is 0 Å². The highest BCUT2D eigenvalue weighted by Gasteiger charge is 2.35. The van der Waals surface area contributed by atoms with Crippen LogP contribution < -0.4 is 5.32 Å². The molecule has 0 aromatic heterocycles. The number of carbonyl (C=O) groups excluding carboxylic acids is 1. The molecule has 2 fully saturated rings. The lowest BCUT2D eigenvalue weighted by atomic mass is 9.70. The average Bonchev–Trinajstić information content (AvgIpc) is 2.42. The fourth-order valence-electron chi connectivity index (χ4n) is 3.17. The Hall–Kier alpha value is -0.770. The number of nitrogens with one attached hydrogen (secondary N) is 1. The third kappa shape index (κ3) is 3.22. The van der Waals surface area contributed by atoms with Crippen molar-refractivity contribution in [1.29, 1.82) is 0 Å². The molecule has 0 unspecified atom stereocenters. The zero-order chi connectivity index (χ0) is 13.9. The van der Waals surface area contributed by atoms with Gasteiger partial charge in [-0.3, -0.25) is 0 Å². The minimum atomic E-state index is 0.0523. The molecule has 1 saturated heterocycles. The van der Waals surface area contributed by atoms with Crippen molar-refractivity contribution in [2.24, 2.45) is 10.8 Å². The van der Waals surface area contributed by atoms with Crippen LogP contribution in [0.4, 0.5) is 4.79 Å². The zero-order valence-corrected chi connectivity index (χ0v) is 12.4. The van der Waals surface area contributed by atoms with Gasteiger partial charge in [0.05, 0.1) is 0 Å². The molecule has 4 heteroatoms. The van der Waals surface area contributed by atoms with Crippen LogP contribution in [0, 0.1) is 10.8 Å². The molecule has 110 valence electrons. The third-order valence-electron chi connectivity index (χ3n) is 5.42. The van der Waals surface area contributed by atoms with Crippen LogP contribution >= 0.6 is 0 Å². The number of likely N-dealkylation sites (tertiary alicyclic amines) is 1. The van der Waals surface area contributed by atoms with E-state index in [9.17, 15) is 9.90 Å². The second-order valence-corrected chi connectivity index (χ2v) is 6.82. The molecule has 2 rings (SSSR count). The third-order valence-corrected chi connectivity index (χ3v) is 5.42. The van der Waals surface area contributed by atoms with Crippen molar-refractivity contribution in [3.05, 3.63) is 0 Å². The van der Waals surface area contributed by atoms with Crippen molar-refractivity contribution in [1.82, 2.24) is 10.2 Å². The molecule has 2 aliphatic rings. The van der Waals surface area contributed by atoms with Crippen LogP contribution in [0.2, 0.25) is 0 Å². The van der Waals surface area contributed by atoms with Crippen LogP contribution in [0.15, 0.2) is 0 Å². The standard InChI is InChI=1S/C15H28N2O2/c1-3-15(12-18)7-9-17(10-8-15)13(19)16-11-14(2)5-4-6-14/h18H,3-12H2,1-2H3,(H,16,19). The smallest absolute Gasteiger partial charge is 0.317 e. The lowest BCUT2D eigenvalue weighted by molar-refractivity contribution is 0.0507. The molecule has 0 atom stereocenters. The summed E-state index contributed by atoms with van der Waals surface area (Å²) in [6.45, 7) is 6.98. The van der Waals surface area contributed by atoms with E-state index < -0.39 is 0 Å². The number of carbonyl (C=O) groups is 1. The monoisotopic (exact) mass is 268 g/mol. The van der Waals surface area contributed by atoms with Gasteiger partial charge in [0, 0.05) is 26.2 Å². The minimum absolute atomic E-state index is 0.0523. The van der Waals surface area contributed by atoms with Crippen LogP contribution in [0.1, 0.15) is 52.4 Å².